The maximum Gasteiger partial charge on any atom is 0.271 e. The highest BCUT2D eigenvalue weighted by atomic mass is 16.6. The lowest BCUT2D eigenvalue weighted by Crippen LogP contribution is -2.12. The number of non-ortho nitro benzene ring substituents is 1. The summed E-state index contributed by atoms with van der Waals surface area (Å²) in [6.07, 6.45) is 1.04. The predicted molar refractivity (Wildman–Crippen MR) is 67.2 cm³/mol. The summed E-state index contributed by atoms with van der Waals surface area (Å²) in [5.74, 6) is 0. The Morgan fingerprint density at radius 2 is 2.18 bits per heavy atom. The van der Waals surface area contributed by atoms with Gasteiger partial charge in [0.05, 0.1) is 11.0 Å². The second kappa shape index (κ2) is 6.20. The van der Waals surface area contributed by atoms with Gasteiger partial charge in [-0.3, -0.25) is 10.1 Å². The fraction of sp³-hybridized carbons (Fsp3) is 0.500. The van der Waals surface area contributed by atoms with Crippen molar-refractivity contribution in [2.75, 3.05) is 11.9 Å². The van der Waals surface area contributed by atoms with Crippen molar-refractivity contribution < 1.29 is 10.0 Å². The molecule has 0 amide bonds. The Kier molecular flexibility index (Phi) is 4.90. The van der Waals surface area contributed by atoms with E-state index in [1.807, 2.05) is 19.9 Å². The van der Waals surface area contributed by atoms with Gasteiger partial charge in [-0.2, -0.15) is 0 Å². The minimum atomic E-state index is -0.404. The van der Waals surface area contributed by atoms with Gasteiger partial charge in [-0.25, -0.2) is 0 Å². The molecule has 1 unspecified atom stereocenters. The number of aryl methyl sites for hydroxylation is 1. The molecule has 0 heterocycles. The Hall–Kier alpha value is -1.62. The molecular formula is C12H18N2O3. The Balaban J connectivity index is 2.62. The molecule has 0 aliphatic heterocycles. The number of benzene rings is 1. The molecule has 0 spiro atoms. The highest BCUT2D eigenvalue weighted by molar-refractivity contribution is 5.53. The first-order chi connectivity index (χ1) is 8.02. The van der Waals surface area contributed by atoms with Crippen LogP contribution in [-0.2, 0) is 0 Å². The van der Waals surface area contributed by atoms with E-state index >= 15 is 0 Å². The number of anilines is 1. The van der Waals surface area contributed by atoms with Crippen LogP contribution in [0, 0.1) is 17.0 Å². The number of nitro benzene ring substituents is 1. The second-order valence-electron chi connectivity index (χ2n) is 4.09. The van der Waals surface area contributed by atoms with Crippen LogP contribution in [0.1, 0.15) is 25.3 Å². The molecule has 0 saturated carbocycles. The average molecular weight is 238 g/mol. The van der Waals surface area contributed by atoms with Crippen LogP contribution in [0.2, 0.25) is 0 Å². The van der Waals surface area contributed by atoms with Crippen LogP contribution in [0.3, 0.4) is 0 Å². The van der Waals surface area contributed by atoms with E-state index in [0.717, 1.165) is 17.7 Å². The third kappa shape index (κ3) is 4.40. The minimum absolute atomic E-state index is 0.0866. The second-order valence-corrected chi connectivity index (χ2v) is 4.09. The third-order valence-electron chi connectivity index (χ3n) is 2.55. The summed E-state index contributed by atoms with van der Waals surface area (Å²) in [5.41, 5.74) is 1.65. The van der Waals surface area contributed by atoms with Gasteiger partial charge in [-0.1, -0.05) is 6.92 Å². The lowest BCUT2D eigenvalue weighted by Gasteiger charge is -2.10. The Morgan fingerprint density at radius 1 is 1.47 bits per heavy atom. The summed E-state index contributed by atoms with van der Waals surface area (Å²) in [5, 5.41) is 23.1. The van der Waals surface area contributed by atoms with Gasteiger partial charge in [0.1, 0.15) is 0 Å². The van der Waals surface area contributed by atoms with Crippen LogP contribution in [0.5, 0.6) is 0 Å². The highest BCUT2D eigenvalue weighted by Crippen LogP contribution is 2.20. The highest BCUT2D eigenvalue weighted by Gasteiger charge is 2.08. The molecule has 1 aromatic carbocycles. The average Bonchev–Trinajstić information content (AvgIpc) is 2.28. The molecular weight excluding hydrogens is 220 g/mol. The summed E-state index contributed by atoms with van der Waals surface area (Å²) in [4.78, 5) is 10.3. The van der Waals surface area contributed by atoms with E-state index in [2.05, 4.69) is 5.32 Å². The van der Waals surface area contributed by atoms with Gasteiger partial charge in [-0.15, -0.1) is 0 Å². The van der Waals surface area contributed by atoms with Gasteiger partial charge in [0, 0.05) is 24.4 Å². The molecule has 1 aromatic rings. The van der Waals surface area contributed by atoms with Crippen LogP contribution in [-0.4, -0.2) is 22.7 Å². The topological polar surface area (TPSA) is 75.4 Å². The van der Waals surface area contributed by atoms with Gasteiger partial charge in [-0.05, 0) is 31.4 Å². The molecule has 0 aliphatic carbocycles. The third-order valence-corrected chi connectivity index (χ3v) is 2.55. The number of nitrogens with zero attached hydrogens (tertiary/aromatic N) is 1. The monoisotopic (exact) mass is 238 g/mol. The fourth-order valence-electron chi connectivity index (χ4n) is 1.56. The molecule has 0 bridgehead atoms. The number of aliphatic hydroxyl groups excluding tert-OH is 1. The first kappa shape index (κ1) is 13.4. The van der Waals surface area contributed by atoms with Crippen molar-refractivity contribution in [3.63, 3.8) is 0 Å². The smallest absolute Gasteiger partial charge is 0.271 e. The largest absolute Gasteiger partial charge is 0.393 e. The zero-order valence-electron chi connectivity index (χ0n) is 10.1. The van der Waals surface area contributed by atoms with Crippen molar-refractivity contribution >= 4 is 11.4 Å². The minimum Gasteiger partial charge on any atom is -0.393 e. The Bertz CT molecular complexity index is 393. The van der Waals surface area contributed by atoms with Crippen molar-refractivity contribution in [3.8, 4) is 0 Å². The molecule has 1 rings (SSSR count). The first-order valence-corrected chi connectivity index (χ1v) is 5.71. The van der Waals surface area contributed by atoms with Crippen LogP contribution >= 0.6 is 0 Å². The molecule has 5 nitrogen and oxygen atoms in total. The van der Waals surface area contributed by atoms with Gasteiger partial charge in [0.15, 0.2) is 0 Å². The summed E-state index contributed by atoms with van der Waals surface area (Å²) in [6.45, 7) is 4.34. The summed E-state index contributed by atoms with van der Waals surface area (Å²) >= 11 is 0. The SMILES string of the molecule is CCC(O)CCNc1cc(C)cc([N+](=O)[O-])c1. The van der Waals surface area contributed by atoms with Gasteiger partial charge in [0.25, 0.3) is 5.69 Å². The molecule has 17 heavy (non-hydrogen) atoms. The van der Waals surface area contributed by atoms with Crippen molar-refractivity contribution in [1.29, 1.82) is 0 Å². The molecule has 1 atom stereocenters. The van der Waals surface area contributed by atoms with Crippen LogP contribution in [0.4, 0.5) is 11.4 Å². The van der Waals surface area contributed by atoms with E-state index in [0.29, 0.717) is 13.0 Å². The molecule has 0 fully saturated rings. The quantitative estimate of drug-likeness (QED) is 0.589. The summed E-state index contributed by atoms with van der Waals surface area (Å²) in [6, 6.07) is 4.89. The number of hydrogen-bond donors (Lipinski definition) is 2. The van der Waals surface area contributed by atoms with Gasteiger partial charge < -0.3 is 10.4 Å². The van der Waals surface area contributed by atoms with E-state index in [1.165, 1.54) is 12.1 Å². The van der Waals surface area contributed by atoms with Gasteiger partial charge >= 0.3 is 0 Å². The fourth-order valence-corrected chi connectivity index (χ4v) is 1.56. The number of hydrogen-bond acceptors (Lipinski definition) is 4. The van der Waals surface area contributed by atoms with Crippen LogP contribution in [0.15, 0.2) is 18.2 Å². The molecule has 0 saturated heterocycles. The van der Waals surface area contributed by atoms with Crippen molar-refractivity contribution in [1.82, 2.24) is 0 Å². The maximum atomic E-state index is 10.7. The number of rotatable bonds is 6. The first-order valence-electron chi connectivity index (χ1n) is 5.71. The van der Waals surface area contributed by atoms with E-state index in [9.17, 15) is 15.2 Å². The van der Waals surface area contributed by atoms with Crippen LogP contribution in [0.25, 0.3) is 0 Å². The van der Waals surface area contributed by atoms with E-state index in [1.54, 1.807) is 0 Å². The molecule has 2 N–H and O–H groups in total. The molecule has 94 valence electrons. The van der Waals surface area contributed by atoms with Crippen molar-refractivity contribution in [2.24, 2.45) is 0 Å². The zero-order chi connectivity index (χ0) is 12.8. The lowest BCUT2D eigenvalue weighted by molar-refractivity contribution is -0.384. The number of aliphatic hydroxyl groups is 1. The molecule has 0 aliphatic rings. The summed E-state index contributed by atoms with van der Waals surface area (Å²) in [7, 11) is 0. The van der Waals surface area contributed by atoms with E-state index in [4.69, 9.17) is 0 Å². The molecule has 0 aromatic heterocycles. The number of nitrogens with one attached hydrogen (secondary N) is 1. The number of nitro groups is 1. The standard InChI is InChI=1S/C12H18N2O3/c1-3-12(15)4-5-13-10-6-9(2)7-11(8-10)14(16)17/h6-8,12-13,15H,3-5H2,1-2H3. The normalized spacial score (nSPS) is 12.2. The van der Waals surface area contributed by atoms with Crippen molar-refractivity contribution in [3.05, 3.63) is 33.9 Å². The van der Waals surface area contributed by atoms with Crippen LogP contribution < -0.4 is 5.32 Å². The zero-order valence-corrected chi connectivity index (χ0v) is 10.1. The van der Waals surface area contributed by atoms with Gasteiger partial charge in [0.2, 0.25) is 0 Å². The van der Waals surface area contributed by atoms with E-state index in [-0.39, 0.29) is 11.8 Å². The maximum absolute atomic E-state index is 10.7. The van der Waals surface area contributed by atoms with E-state index < -0.39 is 4.92 Å². The Labute approximate surface area is 101 Å². The molecule has 0 radical (unpaired) electrons. The Morgan fingerprint density at radius 3 is 2.76 bits per heavy atom. The lowest BCUT2D eigenvalue weighted by atomic mass is 10.1. The molecule has 5 heteroatoms. The summed E-state index contributed by atoms with van der Waals surface area (Å²) < 4.78 is 0. The predicted octanol–water partition coefficient (Wildman–Crippen LogP) is 2.48. The van der Waals surface area contributed by atoms with Crippen molar-refractivity contribution in [2.45, 2.75) is 32.8 Å².